The first kappa shape index (κ1) is 27.9. The van der Waals surface area contributed by atoms with Gasteiger partial charge in [0.2, 0.25) is 0 Å². The number of aromatic hydroxyl groups is 1. The molecule has 1 aromatic heterocycles. The van der Waals surface area contributed by atoms with Crippen molar-refractivity contribution in [2.24, 2.45) is 4.99 Å². The maximum absolute atomic E-state index is 12.7. The number of phenols is 1. The summed E-state index contributed by atoms with van der Waals surface area (Å²) in [5.41, 5.74) is 4.64. The number of aromatic nitrogens is 1. The Morgan fingerprint density at radius 2 is 1.95 bits per heavy atom. The van der Waals surface area contributed by atoms with Crippen molar-refractivity contribution in [3.05, 3.63) is 100 Å². The van der Waals surface area contributed by atoms with E-state index in [0.29, 0.717) is 35.0 Å². The van der Waals surface area contributed by atoms with Gasteiger partial charge in [-0.25, -0.2) is 0 Å². The number of allylic oxidation sites excluding steroid dienone is 1. The molecule has 0 radical (unpaired) electrons. The summed E-state index contributed by atoms with van der Waals surface area (Å²) in [6, 6.07) is 18.3. The van der Waals surface area contributed by atoms with Gasteiger partial charge in [0.1, 0.15) is 11.5 Å². The van der Waals surface area contributed by atoms with Gasteiger partial charge in [0.05, 0.1) is 19.2 Å². The number of phenolic OH excluding ortho intramolecular Hbond substituents is 1. The third-order valence-corrected chi connectivity index (χ3v) is 6.86. The Labute approximate surface area is 234 Å². The topological polar surface area (TPSA) is 83.8 Å². The number of pyridine rings is 1. The van der Waals surface area contributed by atoms with Crippen LogP contribution in [0.5, 0.6) is 11.5 Å². The van der Waals surface area contributed by atoms with E-state index < -0.39 is 0 Å². The smallest absolute Gasteiger partial charge is 0.185 e. The summed E-state index contributed by atoms with van der Waals surface area (Å²) in [5, 5.41) is 16.0. The molecule has 0 saturated heterocycles. The first-order valence-corrected chi connectivity index (χ1v) is 13.3. The lowest BCUT2D eigenvalue weighted by Gasteiger charge is -2.14. The van der Waals surface area contributed by atoms with Crippen molar-refractivity contribution in [2.75, 3.05) is 25.5 Å². The van der Waals surface area contributed by atoms with Crippen LogP contribution in [0.25, 0.3) is 17.0 Å². The molecule has 0 spiro atoms. The molecule has 0 fully saturated rings. The number of halogens is 1. The fourth-order valence-electron chi connectivity index (χ4n) is 4.21. The molecule has 6 nitrogen and oxygen atoms in total. The van der Waals surface area contributed by atoms with Gasteiger partial charge in [-0.3, -0.25) is 14.8 Å². The van der Waals surface area contributed by atoms with Gasteiger partial charge >= 0.3 is 0 Å². The summed E-state index contributed by atoms with van der Waals surface area (Å²) >= 11 is 6.09. The molecule has 0 saturated carbocycles. The Kier molecular flexibility index (Phi) is 9.34. The number of hydrogen-bond donors (Lipinski definition) is 2. The van der Waals surface area contributed by atoms with E-state index in [9.17, 15) is 9.90 Å². The van der Waals surface area contributed by atoms with Crippen LogP contribution in [0.1, 0.15) is 53.2 Å². The standard InChI is InChI=1S/C32H32ClN3O3/c1-4-21(2)28-18-22(5-12-31(37)23-6-9-26(39-3)10-7-23)17-24(32(28)38)20-34-15-16-36-29-13-14-35-30-19-25(33)8-11-27(29)30/h5-14,17-21,38H,4,15-16H2,1-3H3,(H,35,36)/b12-5+,34-20?. The summed E-state index contributed by atoms with van der Waals surface area (Å²) < 4.78 is 5.16. The van der Waals surface area contributed by atoms with Crippen molar-refractivity contribution in [3.8, 4) is 11.5 Å². The predicted octanol–water partition coefficient (Wildman–Crippen LogP) is 7.54. The van der Waals surface area contributed by atoms with Crippen LogP contribution in [-0.4, -0.2) is 42.3 Å². The summed E-state index contributed by atoms with van der Waals surface area (Å²) in [6.45, 7) is 5.26. The first-order valence-electron chi connectivity index (χ1n) is 12.9. The highest BCUT2D eigenvalue weighted by Crippen LogP contribution is 2.32. The molecule has 0 aliphatic rings. The lowest BCUT2D eigenvalue weighted by Crippen LogP contribution is -2.06. The van der Waals surface area contributed by atoms with E-state index in [-0.39, 0.29) is 17.5 Å². The summed E-state index contributed by atoms with van der Waals surface area (Å²) in [7, 11) is 1.59. The average molecular weight is 542 g/mol. The fraction of sp³-hybridized carbons (Fsp3) is 0.219. The van der Waals surface area contributed by atoms with E-state index in [1.807, 2.05) is 36.4 Å². The molecule has 0 bridgehead atoms. The number of hydrogen-bond acceptors (Lipinski definition) is 6. The molecule has 2 N–H and O–H groups in total. The number of methoxy groups -OCH3 is 1. The second-order valence-electron chi connectivity index (χ2n) is 9.27. The molecule has 0 aliphatic carbocycles. The first-order chi connectivity index (χ1) is 18.9. The van der Waals surface area contributed by atoms with E-state index in [0.717, 1.165) is 34.1 Å². The molecule has 1 heterocycles. The quantitative estimate of drug-likeness (QED) is 0.0886. The van der Waals surface area contributed by atoms with Gasteiger partial charge in [-0.05, 0) is 90.2 Å². The number of aliphatic imine (C=N–C) groups is 1. The maximum Gasteiger partial charge on any atom is 0.185 e. The molecule has 3 aromatic carbocycles. The van der Waals surface area contributed by atoms with Gasteiger partial charge in [0, 0.05) is 46.2 Å². The van der Waals surface area contributed by atoms with Crippen LogP contribution in [0.4, 0.5) is 5.69 Å². The number of benzene rings is 3. The van der Waals surface area contributed by atoms with Crippen molar-refractivity contribution in [2.45, 2.75) is 26.2 Å². The zero-order valence-corrected chi connectivity index (χ0v) is 23.1. The maximum atomic E-state index is 12.7. The highest BCUT2D eigenvalue weighted by molar-refractivity contribution is 6.31. The van der Waals surface area contributed by atoms with Crippen LogP contribution in [0.3, 0.4) is 0 Å². The minimum Gasteiger partial charge on any atom is -0.507 e. The lowest BCUT2D eigenvalue weighted by molar-refractivity contribution is 0.104. The minimum atomic E-state index is -0.108. The van der Waals surface area contributed by atoms with E-state index in [1.165, 1.54) is 0 Å². The predicted molar refractivity (Wildman–Crippen MR) is 161 cm³/mol. The van der Waals surface area contributed by atoms with E-state index in [2.05, 4.69) is 29.1 Å². The Balaban J connectivity index is 1.48. The SMILES string of the molecule is CCC(C)c1cc(/C=C/C(=O)c2ccc(OC)cc2)cc(C=NCCNc2ccnc3cc(Cl)ccc23)c1O. The van der Waals surface area contributed by atoms with Gasteiger partial charge in [-0.1, -0.05) is 31.5 Å². The molecule has 39 heavy (non-hydrogen) atoms. The fourth-order valence-corrected chi connectivity index (χ4v) is 4.38. The number of rotatable bonds is 11. The molecule has 4 aromatic rings. The number of ether oxygens (including phenoxy) is 1. The monoisotopic (exact) mass is 541 g/mol. The second-order valence-corrected chi connectivity index (χ2v) is 9.70. The Morgan fingerprint density at radius 3 is 2.69 bits per heavy atom. The van der Waals surface area contributed by atoms with Gasteiger partial charge < -0.3 is 15.2 Å². The number of nitrogens with zero attached hydrogens (tertiary/aromatic N) is 2. The van der Waals surface area contributed by atoms with Crippen molar-refractivity contribution < 1.29 is 14.6 Å². The molecule has 1 atom stereocenters. The third-order valence-electron chi connectivity index (χ3n) is 6.63. The molecule has 200 valence electrons. The van der Waals surface area contributed by atoms with Crippen molar-refractivity contribution >= 4 is 46.3 Å². The van der Waals surface area contributed by atoms with E-state index >= 15 is 0 Å². The van der Waals surface area contributed by atoms with Crippen LogP contribution in [0, 0.1) is 0 Å². The molecule has 1 unspecified atom stereocenters. The highest BCUT2D eigenvalue weighted by Gasteiger charge is 2.13. The molecular weight excluding hydrogens is 510 g/mol. The van der Waals surface area contributed by atoms with Gasteiger partial charge in [0.15, 0.2) is 5.78 Å². The normalized spacial score (nSPS) is 12.3. The van der Waals surface area contributed by atoms with Gasteiger partial charge in [0.25, 0.3) is 0 Å². The third kappa shape index (κ3) is 7.03. The number of fused-ring (bicyclic) bond motifs is 1. The van der Waals surface area contributed by atoms with Crippen LogP contribution in [0.2, 0.25) is 5.02 Å². The number of anilines is 1. The minimum absolute atomic E-state index is 0.108. The lowest BCUT2D eigenvalue weighted by atomic mass is 9.93. The van der Waals surface area contributed by atoms with Crippen molar-refractivity contribution in [3.63, 3.8) is 0 Å². The van der Waals surface area contributed by atoms with E-state index in [4.69, 9.17) is 16.3 Å². The zero-order valence-electron chi connectivity index (χ0n) is 22.3. The van der Waals surface area contributed by atoms with Gasteiger partial charge in [-0.2, -0.15) is 0 Å². The number of carbonyl (C=O) groups excluding carboxylic acids is 1. The number of carbonyl (C=O) groups is 1. The Bertz CT molecular complexity index is 1510. The molecule has 0 aliphatic heterocycles. The van der Waals surface area contributed by atoms with Crippen LogP contribution >= 0.6 is 11.6 Å². The molecular formula is C32H32ClN3O3. The molecule has 4 rings (SSSR count). The largest absolute Gasteiger partial charge is 0.507 e. The zero-order chi connectivity index (χ0) is 27.8. The van der Waals surface area contributed by atoms with Crippen molar-refractivity contribution in [1.82, 2.24) is 4.98 Å². The second kappa shape index (κ2) is 13.1. The van der Waals surface area contributed by atoms with Gasteiger partial charge in [-0.15, -0.1) is 0 Å². The van der Waals surface area contributed by atoms with E-state index in [1.54, 1.807) is 55.9 Å². The Hall–Kier alpha value is -4.16. The average Bonchev–Trinajstić information content (AvgIpc) is 2.96. The van der Waals surface area contributed by atoms with Crippen molar-refractivity contribution in [1.29, 1.82) is 0 Å². The molecule has 7 heteroatoms. The summed E-state index contributed by atoms with van der Waals surface area (Å²) in [4.78, 5) is 21.6. The Morgan fingerprint density at radius 1 is 1.15 bits per heavy atom. The van der Waals surface area contributed by atoms with Crippen LogP contribution < -0.4 is 10.1 Å². The highest BCUT2D eigenvalue weighted by atomic mass is 35.5. The van der Waals surface area contributed by atoms with Crippen LogP contribution in [-0.2, 0) is 0 Å². The summed E-state index contributed by atoms with van der Waals surface area (Å²) in [5.74, 6) is 0.961. The number of nitrogens with one attached hydrogen (secondary N) is 1. The summed E-state index contributed by atoms with van der Waals surface area (Å²) in [6.07, 6.45) is 7.63. The number of ketones is 1. The van der Waals surface area contributed by atoms with Crippen LogP contribution in [0.15, 0.2) is 77.9 Å². The molecule has 0 amide bonds.